The molecule has 0 radical (unpaired) electrons. The Morgan fingerprint density at radius 1 is 1.39 bits per heavy atom. The summed E-state index contributed by atoms with van der Waals surface area (Å²) in [5.74, 6) is 1.15. The van der Waals surface area contributed by atoms with Gasteiger partial charge in [-0.15, -0.1) is 11.3 Å². The van der Waals surface area contributed by atoms with Crippen LogP contribution in [0.1, 0.15) is 38.3 Å². The van der Waals surface area contributed by atoms with Crippen LogP contribution < -0.4 is 19.7 Å². The normalized spacial score (nSPS) is 13.6. The number of carbonyl (C=O) groups is 2. The van der Waals surface area contributed by atoms with Gasteiger partial charge in [-0.1, -0.05) is 13.3 Å². The number of amides is 2. The molecule has 1 aliphatic rings. The highest BCUT2D eigenvalue weighted by atomic mass is 32.1. The highest BCUT2D eigenvalue weighted by molar-refractivity contribution is 7.14. The molecule has 1 aromatic carbocycles. The van der Waals surface area contributed by atoms with Crippen molar-refractivity contribution in [2.24, 2.45) is 0 Å². The van der Waals surface area contributed by atoms with E-state index in [1.807, 2.05) is 5.38 Å². The topological polar surface area (TPSA) is 80.8 Å². The van der Waals surface area contributed by atoms with Gasteiger partial charge in [0.2, 0.25) is 11.8 Å². The zero-order chi connectivity index (χ0) is 19.9. The van der Waals surface area contributed by atoms with Gasteiger partial charge >= 0.3 is 0 Å². The lowest BCUT2D eigenvalue weighted by molar-refractivity contribution is -0.117. The highest BCUT2D eigenvalue weighted by Crippen LogP contribution is 2.30. The quantitative estimate of drug-likeness (QED) is 0.647. The van der Waals surface area contributed by atoms with E-state index < -0.39 is 0 Å². The van der Waals surface area contributed by atoms with Gasteiger partial charge in [-0.05, 0) is 25.0 Å². The molecule has 2 amide bonds. The second kappa shape index (κ2) is 9.54. The minimum absolute atomic E-state index is 0.0931. The summed E-state index contributed by atoms with van der Waals surface area (Å²) in [7, 11) is 1.58. The fourth-order valence-electron chi connectivity index (χ4n) is 2.90. The first kappa shape index (κ1) is 20.1. The molecule has 1 N–H and O–H groups in total. The van der Waals surface area contributed by atoms with E-state index in [4.69, 9.17) is 9.47 Å². The van der Waals surface area contributed by atoms with Crippen LogP contribution in [0.4, 0.5) is 10.8 Å². The van der Waals surface area contributed by atoms with Gasteiger partial charge in [0, 0.05) is 24.4 Å². The number of aromatic nitrogens is 1. The Morgan fingerprint density at radius 3 is 2.96 bits per heavy atom. The summed E-state index contributed by atoms with van der Waals surface area (Å²) in [5, 5.41) is 5.37. The molecule has 1 saturated heterocycles. The predicted octanol–water partition coefficient (Wildman–Crippen LogP) is 3.64. The summed E-state index contributed by atoms with van der Waals surface area (Å²) in [6.07, 6.45) is 3.51. The van der Waals surface area contributed by atoms with Gasteiger partial charge in [0.25, 0.3) is 0 Å². The lowest BCUT2D eigenvalue weighted by atomic mass is 10.2. The molecule has 8 heteroatoms. The number of methoxy groups -OCH3 is 1. The molecule has 150 valence electrons. The molecular weight excluding hydrogens is 378 g/mol. The molecule has 0 atom stereocenters. The van der Waals surface area contributed by atoms with Crippen LogP contribution in [0.15, 0.2) is 23.6 Å². The SMILES string of the molecule is CCCCOc1ccc(OC)cc1NC(=O)Cc1csc(N2CCCC2=O)n1. The van der Waals surface area contributed by atoms with E-state index in [2.05, 4.69) is 17.2 Å². The molecule has 3 rings (SSSR count). The Labute approximate surface area is 168 Å². The zero-order valence-electron chi connectivity index (χ0n) is 16.2. The number of anilines is 2. The summed E-state index contributed by atoms with van der Waals surface area (Å²) in [6, 6.07) is 5.34. The van der Waals surface area contributed by atoms with Gasteiger partial charge < -0.3 is 14.8 Å². The first-order valence-corrected chi connectivity index (χ1v) is 10.3. The first-order chi connectivity index (χ1) is 13.6. The van der Waals surface area contributed by atoms with Crippen molar-refractivity contribution in [2.75, 3.05) is 30.5 Å². The van der Waals surface area contributed by atoms with Crippen LogP contribution in [0.5, 0.6) is 11.5 Å². The molecule has 1 aromatic heterocycles. The van der Waals surface area contributed by atoms with Crippen molar-refractivity contribution in [3.63, 3.8) is 0 Å². The fraction of sp³-hybridized carbons (Fsp3) is 0.450. The van der Waals surface area contributed by atoms with E-state index in [-0.39, 0.29) is 18.2 Å². The Balaban J connectivity index is 1.65. The van der Waals surface area contributed by atoms with Gasteiger partial charge in [-0.3, -0.25) is 14.5 Å². The predicted molar refractivity (Wildman–Crippen MR) is 109 cm³/mol. The fourth-order valence-corrected chi connectivity index (χ4v) is 3.76. The Kier molecular flexibility index (Phi) is 6.86. The average Bonchev–Trinajstić information content (AvgIpc) is 3.31. The van der Waals surface area contributed by atoms with Crippen LogP contribution in [-0.4, -0.2) is 37.1 Å². The van der Waals surface area contributed by atoms with Crippen LogP contribution in [0, 0.1) is 0 Å². The van der Waals surface area contributed by atoms with Gasteiger partial charge in [0.15, 0.2) is 5.13 Å². The summed E-state index contributed by atoms with van der Waals surface area (Å²) < 4.78 is 11.0. The molecule has 2 heterocycles. The first-order valence-electron chi connectivity index (χ1n) is 9.46. The van der Waals surface area contributed by atoms with Crippen molar-refractivity contribution >= 4 is 34.0 Å². The number of hydrogen-bond donors (Lipinski definition) is 1. The lowest BCUT2D eigenvalue weighted by Gasteiger charge is -2.13. The van der Waals surface area contributed by atoms with E-state index in [9.17, 15) is 9.59 Å². The van der Waals surface area contributed by atoms with Gasteiger partial charge in [0.05, 0.1) is 31.5 Å². The van der Waals surface area contributed by atoms with Crippen molar-refractivity contribution < 1.29 is 19.1 Å². The monoisotopic (exact) mass is 403 g/mol. The molecule has 0 spiro atoms. The number of rotatable bonds is 9. The summed E-state index contributed by atoms with van der Waals surface area (Å²) >= 11 is 1.39. The minimum Gasteiger partial charge on any atom is -0.497 e. The molecule has 2 aromatic rings. The standard InChI is InChI=1S/C20H25N3O4S/c1-3-4-10-27-17-8-7-15(26-2)12-16(17)22-18(24)11-14-13-28-20(21-14)23-9-5-6-19(23)25/h7-8,12-13H,3-6,9-11H2,1-2H3,(H,22,24). The second-order valence-corrected chi connectivity index (χ2v) is 7.40. The van der Waals surface area contributed by atoms with Gasteiger partial charge in [-0.25, -0.2) is 4.98 Å². The van der Waals surface area contributed by atoms with E-state index in [1.54, 1.807) is 30.2 Å². The summed E-state index contributed by atoms with van der Waals surface area (Å²) in [6.45, 7) is 3.38. The maximum absolute atomic E-state index is 12.5. The van der Waals surface area contributed by atoms with Crippen molar-refractivity contribution in [2.45, 2.75) is 39.0 Å². The number of carbonyl (C=O) groups excluding carboxylic acids is 2. The molecule has 1 aliphatic heterocycles. The third-order valence-electron chi connectivity index (χ3n) is 4.40. The van der Waals surface area contributed by atoms with Crippen LogP contribution in [0.2, 0.25) is 0 Å². The Bertz CT molecular complexity index is 837. The molecule has 0 aliphatic carbocycles. The van der Waals surface area contributed by atoms with Crippen molar-refractivity contribution in [3.05, 3.63) is 29.3 Å². The molecule has 0 bridgehead atoms. The van der Waals surface area contributed by atoms with Crippen LogP contribution in [0.25, 0.3) is 0 Å². The smallest absolute Gasteiger partial charge is 0.230 e. The van der Waals surface area contributed by atoms with Crippen molar-refractivity contribution in [1.29, 1.82) is 0 Å². The largest absolute Gasteiger partial charge is 0.497 e. The van der Waals surface area contributed by atoms with E-state index in [0.717, 1.165) is 19.3 Å². The zero-order valence-corrected chi connectivity index (χ0v) is 17.0. The van der Waals surface area contributed by atoms with Crippen molar-refractivity contribution in [1.82, 2.24) is 4.98 Å². The number of ether oxygens (including phenoxy) is 2. The van der Waals surface area contributed by atoms with Crippen LogP contribution >= 0.6 is 11.3 Å². The van der Waals surface area contributed by atoms with Gasteiger partial charge in [-0.2, -0.15) is 0 Å². The summed E-state index contributed by atoms with van der Waals surface area (Å²) in [5.41, 5.74) is 1.22. The summed E-state index contributed by atoms with van der Waals surface area (Å²) in [4.78, 5) is 30.5. The number of thiazole rings is 1. The Hall–Kier alpha value is -2.61. The van der Waals surface area contributed by atoms with E-state index in [1.165, 1.54) is 11.3 Å². The van der Waals surface area contributed by atoms with Crippen LogP contribution in [-0.2, 0) is 16.0 Å². The molecule has 28 heavy (non-hydrogen) atoms. The van der Waals surface area contributed by atoms with E-state index >= 15 is 0 Å². The van der Waals surface area contributed by atoms with E-state index in [0.29, 0.717) is 47.6 Å². The molecule has 0 unspecified atom stereocenters. The van der Waals surface area contributed by atoms with Crippen LogP contribution in [0.3, 0.4) is 0 Å². The molecule has 1 fully saturated rings. The third kappa shape index (κ3) is 5.01. The number of benzene rings is 1. The molecular formula is C20H25N3O4S. The average molecular weight is 404 g/mol. The Morgan fingerprint density at radius 2 is 2.25 bits per heavy atom. The number of hydrogen-bond acceptors (Lipinski definition) is 6. The maximum atomic E-state index is 12.5. The lowest BCUT2D eigenvalue weighted by Crippen LogP contribution is -2.23. The second-order valence-electron chi connectivity index (χ2n) is 6.56. The van der Waals surface area contributed by atoms with Crippen molar-refractivity contribution in [3.8, 4) is 11.5 Å². The highest BCUT2D eigenvalue weighted by Gasteiger charge is 2.24. The molecule has 7 nitrogen and oxygen atoms in total. The minimum atomic E-state index is -0.196. The number of nitrogens with one attached hydrogen (secondary N) is 1. The third-order valence-corrected chi connectivity index (χ3v) is 5.31. The molecule has 0 saturated carbocycles. The number of unbranched alkanes of at least 4 members (excludes halogenated alkanes) is 1. The van der Waals surface area contributed by atoms with Gasteiger partial charge in [0.1, 0.15) is 11.5 Å². The maximum Gasteiger partial charge on any atom is 0.230 e. The number of nitrogens with zero attached hydrogens (tertiary/aromatic N) is 2.